The molecule has 1 atom stereocenters. The second kappa shape index (κ2) is 14.1. The van der Waals surface area contributed by atoms with Crippen molar-refractivity contribution in [2.75, 3.05) is 13.7 Å². The van der Waals surface area contributed by atoms with Crippen LogP contribution in [0.3, 0.4) is 0 Å². The highest BCUT2D eigenvalue weighted by Gasteiger charge is 2.23. The number of hydrogen-bond acceptors (Lipinski definition) is 7. The van der Waals surface area contributed by atoms with Gasteiger partial charge in [-0.15, -0.1) is 0 Å². The minimum atomic E-state index is -1.01. The number of rotatable bonds is 5. The second-order valence-electron chi connectivity index (χ2n) is 11.6. The van der Waals surface area contributed by atoms with Crippen LogP contribution < -0.4 is 9.47 Å². The molecule has 0 fully saturated rings. The van der Waals surface area contributed by atoms with E-state index in [0.29, 0.717) is 30.1 Å². The first-order valence-electron chi connectivity index (χ1n) is 14.5. The highest BCUT2D eigenvalue weighted by molar-refractivity contribution is 5.65. The largest absolute Gasteiger partial charge is 0.508 e. The van der Waals surface area contributed by atoms with Crippen molar-refractivity contribution in [2.45, 2.75) is 65.0 Å². The second-order valence-corrected chi connectivity index (χ2v) is 11.6. The number of benzene rings is 3. The van der Waals surface area contributed by atoms with Crippen molar-refractivity contribution < 1.29 is 42.4 Å². The van der Waals surface area contributed by atoms with E-state index < -0.39 is 17.2 Å². The standard InChI is InChI=1S/C22H21F3N2O2.C9H10O2.C3H6O2/c1-22(2,28)12-27-11-13(10-26-27)21-18(24)8-14(9-19(21)25)29-20-7-6-17(23)15-4-3-5-16(15)20;1-6-5-11-9-4-7(10)2-3-8(6)9;1-3(4)5-2/h6-11,28H,3-5,12H2,1-2H3;2-4,6,10H,5H2,1H3;1-2H3. The number of methoxy groups -OCH3 is 1. The van der Waals surface area contributed by atoms with E-state index in [2.05, 4.69) is 16.8 Å². The number of nitrogens with zero attached hydrogens (tertiary/aromatic N) is 2. The number of ether oxygens (including phenoxy) is 3. The summed E-state index contributed by atoms with van der Waals surface area (Å²) in [5.74, 6) is -0.105. The number of phenols is 1. The topological polar surface area (TPSA) is 103 Å². The maximum atomic E-state index is 14.7. The molecule has 0 radical (unpaired) electrons. The summed E-state index contributed by atoms with van der Waals surface area (Å²) >= 11 is 0. The van der Waals surface area contributed by atoms with E-state index in [-0.39, 0.29) is 41.0 Å². The van der Waals surface area contributed by atoms with Crippen LogP contribution in [0.4, 0.5) is 13.2 Å². The van der Waals surface area contributed by atoms with Crippen LogP contribution in [0.15, 0.2) is 54.9 Å². The van der Waals surface area contributed by atoms with E-state index in [9.17, 15) is 23.1 Å². The number of carbonyl (C=O) groups excluding carboxylic acids is 1. The molecule has 4 aromatic rings. The average Bonchev–Trinajstić information content (AvgIpc) is 3.71. The molecule has 2 aliphatic rings. The zero-order valence-electron chi connectivity index (χ0n) is 25.9. The molecule has 3 aromatic carbocycles. The van der Waals surface area contributed by atoms with Crippen LogP contribution in [0.25, 0.3) is 11.1 Å². The summed E-state index contributed by atoms with van der Waals surface area (Å²) in [6.45, 7) is 7.64. The fourth-order valence-corrected chi connectivity index (χ4v) is 5.07. The van der Waals surface area contributed by atoms with Gasteiger partial charge in [-0.3, -0.25) is 9.48 Å². The quantitative estimate of drug-likeness (QED) is 0.228. The molecule has 1 aliphatic carbocycles. The molecule has 0 saturated heterocycles. The molecule has 1 aromatic heterocycles. The highest BCUT2D eigenvalue weighted by atomic mass is 19.1. The van der Waals surface area contributed by atoms with Crippen molar-refractivity contribution in [1.82, 2.24) is 9.78 Å². The lowest BCUT2D eigenvalue weighted by Gasteiger charge is -2.16. The lowest BCUT2D eigenvalue weighted by Crippen LogP contribution is -2.26. The summed E-state index contributed by atoms with van der Waals surface area (Å²) in [6.07, 6.45) is 4.96. The zero-order chi connectivity index (χ0) is 32.9. The van der Waals surface area contributed by atoms with Crippen LogP contribution in [-0.4, -0.2) is 45.3 Å². The molecule has 0 bridgehead atoms. The third kappa shape index (κ3) is 8.57. The van der Waals surface area contributed by atoms with E-state index in [1.54, 1.807) is 26.0 Å². The number of esters is 1. The van der Waals surface area contributed by atoms with E-state index in [1.807, 2.05) is 6.07 Å². The lowest BCUT2D eigenvalue weighted by atomic mass is 10.0. The molecule has 11 heteroatoms. The molecule has 6 rings (SSSR count). The van der Waals surface area contributed by atoms with Crippen LogP contribution in [0, 0.1) is 17.5 Å². The molecule has 0 saturated carbocycles. The Labute approximate surface area is 260 Å². The third-order valence-electron chi connectivity index (χ3n) is 7.20. The van der Waals surface area contributed by atoms with Gasteiger partial charge >= 0.3 is 5.97 Å². The van der Waals surface area contributed by atoms with Crippen LogP contribution in [-0.2, 0) is 28.9 Å². The van der Waals surface area contributed by atoms with Crippen molar-refractivity contribution in [3.8, 4) is 34.1 Å². The number of hydrogen-bond donors (Lipinski definition) is 2. The minimum Gasteiger partial charge on any atom is -0.508 e. The molecule has 2 N–H and O–H groups in total. The number of carbonyl (C=O) groups is 1. The Morgan fingerprint density at radius 3 is 2.38 bits per heavy atom. The van der Waals surface area contributed by atoms with Crippen molar-refractivity contribution in [2.24, 2.45) is 0 Å². The summed E-state index contributed by atoms with van der Waals surface area (Å²) in [5, 5.41) is 23.0. The molecule has 1 unspecified atom stereocenters. The number of fused-ring (bicyclic) bond motifs is 2. The van der Waals surface area contributed by atoms with Gasteiger partial charge in [0.05, 0.1) is 37.6 Å². The predicted octanol–water partition coefficient (Wildman–Crippen LogP) is 7.09. The molecule has 0 amide bonds. The van der Waals surface area contributed by atoms with E-state index in [1.165, 1.54) is 48.8 Å². The first-order chi connectivity index (χ1) is 21.3. The maximum Gasteiger partial charge on any atom is 0.302 e. The number of aromatic nitrogens is 2. The van der Waals surface area contributed by atoms with Crippen molar-refractivity contribution >= 4 is 5.97 Å². The van der Waals surface area contributed by atoms with Crippen molar-refractivity contribution in [1.29, 1.82) is 0 Å². The fraction of sp³-hybridized carbons (Fsp3) is 0.353. The van der Waals surface area contributed by atoms with Crippen LogP contribution >= 0.6 is 0 Å². The average molecular weight is 627 g/mol. The Morgan fingerprint density at radius 1 is 1.07 bits per heavy atom. The monoisotopic (exact) mass is 626 g/mol. The fourth-order valence-electron chi connectivity index (χ4n) is 5.07. The number of aromatic hydroxyl groups is 1. The van der Waals surface area contributed by atoms with Gasteiger partial charge in [0.1, 0.15) is 40.4 Å². The molecule has 1 aliphatic heterocycles. The van der Waals surface area contributed by atoms with Gasteiger partial charge in [0.15, 0.2) is 0 Å². The van der Waals surface area contributed by atoms with Gasteiger partial charge in [-0.05, 0) is 56.9 Å². The van der Waals surface area contributed by atoms with Crippen molar-refractivity contribution in [3.05, 3.63) is 89.0 Å². The van der Waals surface area contributed by atoms with Gasteiger partial charge in [-0.1, -0.05) is 13.0 Å². The van der Waals surface area contributed by atoms with Crippen molar-refractivity contribution in [3.63, 3.8) is 0 Å². The van der Waals surface area contributed by atoms with Gasteiger partial charge in [0, 0.05) is 53.9 Å². The van der Waals surface area contributed by atoms with Crippen LogP contribution in [0.2, 0.25) is 0 Å². The molecular weight excluding hydrogens is 589 g/mol. The molecule has 2 heterocycles. The SMILES string of the molecule is CC(C)(O)Cn1cc(-c2c(F)cc(Oc3ccc(F)c4c3CCC4)cc2F)cn1.CC1COc2cc(O)ccc21.COC(C)=O. The summed E-state index contributed by atoms with van der Waals surface area (Å²) < 4.78 is 59.9. The normalized spacial score (nSPS) is 14.6. The van der Waals surface area contributed by atoms with E-state index >= 15 is 0 Å². The van der Waals surface area contributed by atoms with Gasteiger partial charge < -0.3 is 24.4 Å². The van der Waals surface area contributed by atoms with Gasteiger partial charge in [-0.2, -0.15) is 5.10 Å². The Balaban J connectivity index is 0.000000235. The number of phenolic OH excluding ortho intramolecular Hbond substituents is 1. The maximum absolute atomic E-state index is 14.7. The third-order valence-corrected chi connectivity index (χ3v) is 7.20. The van der Waals surface area contributed by atoms with E-state index in [4.69, 9.17) is 14.6 Å². The van der Waals surface area contributed by atoms with Crippen LogP contribution in [0.5, 0.6) is 23.0 Å². The smallest absolute Gasteiger partial charge is 0.302 e. The lowest BCUT2D eigenvalue weighted by molar-refractivity contribution is -0.137. The number of aliphatic hydroxyl groups is 1. The minimum absolute atomic E-state index is 0.00772. The first kappa shape index (κ1) is 33.4. The molecule has 0 spiro atoms. The summed E-state index contributed by atoms with van der Waals surface area (Å²) in [5.41, 5.74) is 1.60. The summed E-state index contributed by atoms with van der Waals surface area (Å²) in [6, 6.07) is 10.3. The molecular formula is C34H37F3N2O6. The van der Waals surface area contributed by atoms with Gasteiger partial charge in [0.2, 0.25) is 0 Å². The zero-order valence-corrected chi connectivity index (χ0v) is 25.9. The Hall–Kier alpha value is -4.51. The number of halogens is 3. The van der Waals surface area contributed by atoms with Gasteiger partial charge in [0.25, 0.3) is 0 Å². The Kier molecular flexibility index (Phi) is 10.4. The summed E-state index contributed by atoms with van der Waals surface area (Å²) in [7, 11) is 1.35. The Bertz CT molecular complexity index is 1640. The highest BCUT2D eigenvalue weighted by Crippen LogP contribution is 2.38. The predicted molar refractivity (Wildman–Crippen MR) is 162 cm³/mol. The first-order valence-corrected chi connectivity index (χ1v) is 14.5. The van der Waals surface area contributed by atoms with Crippen LogP contribution in [0.1, 0.15) is 56.7 Å². The summed E-state index contributed by atoms with van der Waals surface area (Å²) in [4.78, 5) is 9.59. The van der Waals surface area contributed by atoms with Gasteiger partial charge in [-0.25, -0.2) is 13.2 Å². The molecule has 240 valence electrons. The molecule has 45 heavy (non-hydrogen) atoms. The van der Waals surface area contributed by atoms with E-state index in [0.717, 1.165) is 36.5 Å². The molecule has 8 nitrogen and oxygen atoms in total. The Morgan fingerprint density at radius 2 is 1.73 bits per heavy atom.